The van der Waals surface area contributed by atoms with Crippen LogP contribution in [0.2, 0.25) is 0 Å². The van der Waals surface area contributed by atoms with E-state index in [0.717, 1.165) is 38.6 Å². The summed E-state index contributed by atoms with van der Waals surface area (Å²) in [5, 5.41) is 2.08. The van der Waals surface area contributed by atoms with Crippen molar-refractivity contribution in [3.63, 3.8) is 0 Å². The zero-order valence-corrected chi connectivity index (χ0v) is 12.3. The van der Waals surface area contributed by atoms with E-state index in [4.69, 9.17) is 5.73 Å². The van der Waals surface area contributed by atoms with E-state index in [1.54, 1.807) is 11.3 Å². The van der Waals surface area contributed by atoms with Crippen molar-refractivity contribution in [3.05, 3.63) is 22.4 Å². The highest BCUT2D eigenvalue weighted by Crippen LogP contribution is 2.41. The molecule has 0 radical (unpaired) electrons. The fourth-order valence-corrected chi connectivity index (χ4v) is 3.81. The lowest BCUT2D eigenvalue weighted by molar-refractivity contribution is -0.143. The summed E-state index contributed by atoms with van der Waals surface area (Å²) < 4.78 is 0. The van der Waals surface area contributed by atoms with Gasteiger partial charge in [0.15, 0.2) is 0 Å². The topological polar surface area (TPSA) is 46.3 Å². The van der Waals surface area contributed by atoms with Crippen LogP contribution >= 0.6 is 11.3 Å². The minimum absolute atomic E-state index is 0.0320. The van der Waals surface area contributed by atoms with Crippen molar-refractivity contribution in [3.8, 4) is 0 Å². The molecule has 0 aromatic carbocycles. The summed E-state index contributed by atoms with van der Waals surface area (Å²) in [5.74, 6) is 0.286. The second kappa shape index (κ2) is 4.91. The van der Waals surface area contributed by atoms with E-state index in [-0.39, 0.29) is 17.4 Å². The number of nitrogens with two attached hydrogens (primary N) is 1. The molecule has 2 aliphatic rings. The van der Waals surface area contributed by atoms with E-state index in [1.165, 1.54) is 4.88 Å². The van der Waals surface area contributed by atoms with Crippen LogP contribution in [0, 0.1) is 5.41 Å². The molecule has 104 valence electrons. The van der Waals surface area contributed by atoms with E-state index >= 15 is 0 Å². The van der Waals surface area contributed by atoms with Gasteiger partial charge in [-0.1, -0.05) is 12.5 Å². The summed E-state index contributed by atoms with van der Waals surface area (Å²) in [4.78, 5) is 16.3. The van der Waals surface area contributed by atoms with E-state index < -0.39 is 0 Å². The molecule has 4 heteroatoms. The molecule has 1 aromatic heterocycles. The Balaban J connectivity index is 1.78. The molecule has 0 aliphatic heterocycles. The third-order valence-electron chi connectivity index (χ3n) is 4.67. The summed E-state index contributed by atoms with van der Waals surface area (Å²) in [6, 6.07) is 4.66. The molecular weight excluding hydrogens is 256 g/mol. The molecule has 2 atom stereocenters. The second-order valence-corrected chi connectivity index (χ2v) is 7.19. The van der Waals surface area contributed by atoms with E-state index in [0.29, 0.717) is 6.04 Å². The Morgan fingerprint density at radius 3 is 2.84 bits per heavy atom. The summed E-state index contributed by atoms with van der Waals surface area (Å²) in [5.41, 5.74) is 5.87. The van der Waals surface area contributed by atoms with Gasteiger partial charge in [0.2, 0.25) is 5.91 Å². The van der Waals surface area contributed by atoms with Gasteiger partial charge in [-0.15, -0.1) is 11.3 Å². The quantitative estimate of drug-likeness (QED) is 0.920. The average molecular weight is 278 g/mol. The van der Waals surface area contributed by atoms with E-state index in [1.807, 2.05) is 0 Å². The molecule has 0 saturated heterocycles. The molecule has 2 aliphatic carbocycles. The fourth-order valence-electron chi connectivity index (χ4n) is 3.11. The maximum Gasteiger partial charge on any atom is 0.230 e. The molecule has 1 heterocycles. The minimum Gasteiger partial charge on any atom is -0.334 e. The number of hydrogen-bond acceptors (Lipinski definition) is 3. The highest BCUT2D eigenvalue weighted by Gasteiger charge is 2.47. The first-order chi connectivity index (χ1) is 9.11. The van der Waals surface area contributed by atoms with Gasteiger partial charge in [0.25, 0.3) is 0 Å². The Morgan fingerprint density at radius 1 is 1.53 bits per heavy atom. The Bertz CT molecular complexity index is 455. The fraction of sp³-hybridized carbons (Fsp3) is 0.667. The van der Waals surface area contributed by atoms with Crippen molar-refractivity contribution in [2.24, 2.45) is 11.1 Å². The molecule has 3 nitrogen and oxygen atoms in total. The first kappa shape index (κ1) is 13.1. The van der Waals surface area contributed by atoms with Crippen molar-refractivity contribution in [1.29, 1.82) is 0 Å². The van der Waals surface area contributed by atoms with Gasteiger partial charge in [0, 0.05) is 17.0 Å². The van der Waals surface area contributed by atoms with Crippen LogP contribution in [0.5, 0.6) is 0 Å². The molecule has 0 spiro atoms. The lowest BCUT2D eigenvalue weighted by atomic mass is 9.83. The molecule has 2 N–H and O–H groups in total. The SMILES string of the molecule is CC1(C(=O)N(Cc2cccs2)C2CC2)CCCC1N. The Labute approximate surface area is 118 Å². The maximum absolute atomic E-state index is 12.9. The average Bonchev–Trinajstić information content (AvgIpc) is 3.00. The Kier molecular flexibility index (Phi) is 3.39. The van der Waals surface area contributed by atoms with Crippen LogP contribution in [-0.4, -0.2) is 22.9 Å². The van der Waals surface area contributed by atoms with Gasteiger partial charge in [0.1, 0.15) is 0 Å². The number of amides is 1. The molecule has 1 aromatic rings. The number of thiophene rings is 1. The zero-order chi connectivity index (χ0) is 13.5. The molecule has 3 rings (SSSR count). The predicted octanol–water partition coefficient (Wildman–Crippen LogP) is 2.76. The van der Waals surface area contributed by atoms with E-state index in [9.17, 15) is 4.79 Å². The number of rotatable bonds is 4. The molecule has 2 unspecified atom stereocenters. The van der Waals surface area contributed by atoms with Crippen molar-refractivity contribution in [2.75, 3.05) is 0 Å². The Morgan fingerprint density at radius 2 is 2.32 bits per heavy atom. The van der Waals surface area contributed by atoms with Gasteiger partial charge >= 0.3 is 0 Å². The van der Waals surface area contributed by atoms with Crippen molar-refractivity contribution in [1.82, 2.24) is 4.90 Å². The summed E-state index contributed by atoms with van der Waals surface area (Å²) >= 11 is 1.73. The summed E-state index contributed by atoms with van der Waals surface area (Å²) in [6.07, 6.45) is 5.33. The number of carbonyl (C=O) groups excluding carboxylic acids is 1. The largest absolute Gasteiger partial charge is 0.334 e. The van der Waals surface area contributed by atoms with Crippen molar-refractivity contribution < 1.29 is 4.79 Å². The van der Waals surface area contributed by atoms with Crippen LogP contribution in [0.15, 0.2) is 17.5 Å². The standard InChI is InChI=1S/C15H22N2OS/c1-15(8-2-5-13(15)16)14(18)17(11-6-7-11)10-12-4-3-9-19-12/h3-4,9,11,13H,2,5-8,10,16H2,1H3. The van der Waals surface area contributed by atoms with Gasteiger partial charge in [-0.05, 0) is 44.1 Å². The van der Waals surface area contributed by atoms with Gasteiger partial charge in [-0.3, -0.25) is 4.79 Å². The van der Waals surface area contributed by atoms with Crippen molar-refractivity contribution >= 4 is 17.2 Å². The van der Waals surface area contributed by atoms with Crippen LogP contribution < -0.4 is 5.73 Å². The summed E-state index contributed by atoms with van der Waals surface area (Å²) in [7, 11) is 0. The lowest BCUT2D eigenvalue weighted by Gasteiger charge is -2.34. The monoisotopic (exact) mass is 278 g/mol. The minimum atomic E-state index is -0.333. The van der Waals surface area contributed by atoms with Gasteiger partial charge < -0.3 is 10.6 Å². The van der Waals surface area contributed by atoms with Crippen LogP contribution in [-0.2, 0) is 11.3 Å². The van der Waals surface area contributed by atoms with Crippen LogP contribution in [0.25, 0.3) is 0 Å². The molecular formula is C15H22N2OS. The van der Waals surface area contributed by atoms with Crippen LogP contribution in [0.1, 0.15) is 43.9 Å². The normalized spacial score (nSPS) is 30.5. The predicted molar refractivity (Wildman–Crippen MR) is 77.8 cm³/mol. The number of carbonyl (C=O) groups is 1. The lowest BCUT2D eigenvalue weighted by Crippen LogP contribution is -2.49. The maximum atomic E-state index is 12.9. The second-order valence-electron chi connectivity index (χ2n) is 6.16. The first-order valence-electron chi connectivity index (χ1n) is 7.20. The zero-order valence-electron chi connectivity index (χ0n) is 11.5. The van der Waals surface area contributed by atoms with Gasteiger partial charge in [0.05, 0.1) is 12.0 Å². The first-order valence-corrected chi connectivity index (χ1v) is 8.08. The summed E-state index contributed by atoms with van der Waals surface area (Å²) in [6.45, 7) is 2.83. The Hall–Kier alpha value is -0.870. The number of hydrogen-bond donors (Lipinski definition) is 1. The van der Waals surface area contributed by atoms with Crippen LogP contribution in [0.4, 0.5) is 0 Å². The molecule has 1 amide bonds. The van der Waals surface area contributed by atoms with Gasteiger partial charge in [-0.2, -0.15) is 0 Å². The van der Waals surface area contributed by atoms with Crippen molar-refractivity contribution in [2.45, 2.75) is 57.7 Å². The molecule has 2 fully saturated rings. The third-order valence-corrected chi connectivity index (χ3v) is 5.53. The van der Waals surface area contributed by atoms with Crippen LogP contribution in [0.3, 0.4) is 0 Å². The molecule has 2 saturated carbocycles. The van der Waals surface area contributed by atoms with E-state index in [2.05, 4.69) is 29.3 Å². The molecule has 0 bridgehead atoms. The highest BCUT2D eigenvalue weighted by atomic mass is 32.1. The number of nitrogens with zero attached hydrogens (tertiary/aromatic N) is 1. The third kappa shape index (κ3) is 2.43. The molecule has 19 heavy (non-hydrogen) atoms. The smallest absolute Gasteiger partial charge is 0.230 e. The van der Waals surface area contributed by atoms with Gasteiger partial charge in [-0.25, -0.2) is 0 Å². The highest BCUT2D eigenvalue weighted by molar-refractivity contribution is 7.09.